The van der Waals surface area contributed by atoms with Crippen molar-refractivity contribution in [2.45, 2.75) is 12.5 Å². The molecule has 2 N–H and O–H groups in total. The van der Waals surface area contributed by atoms with Crippen molar-refractivity contribution in [2.75, 3.05) is 4.90 Å². The lowest BCUT2D eigenvalue weighted by molar-refractivity contribution is -0.118. The smallest absolute Gasteiger partial charge is 0.329 e. The van der Waals surface area contributed by atoms with Crippen LogP contribution in [0.15, 0.2) is 59.4 Å². The molecule has 1 aliphatic heterocycles. The van der Waals surface area contributed by atoms with Crippen LogP contribution in [0.2, 0.25) is 0 Å². The monoisotopic (exact) mass is 346 g/mol. The first kappa shape index (κ1) is 14.7. The van der Waals surface area contributed by atoms with E-state index in [0.717, 1.165) is 26.9 Å². The third-order valence-corrected chi connectivity index (χ3v) is 4.62. The topological polar surface area (TPSA) is 91.2 Å². The van der Waals surface area contributed by atoms with Crippen molar-refractivity contribution < 1.29 is 14.0 Å². The molecule has 0 spiro atoms. The molecule has 7 nitrogen and oxygen atoms in total. The summed E-state index contributed by atoms with van der Waals surface area (Å²) >= 11 is 0. The minimum atomic E-state index is -0.616. The summed E-state index contributed by atoms with van der Waals surface area (Å²) in [6.07, 6.45) is 3.56. The number of imidazole rings is 1. The average molecular weight is 346 g/mol. The molecule has 5 rings (SSSR count). The van der Waals surface area contributed by atoms with Crippen LogP contribution in [-0.2, 0) is 11.2 Å². The fourth-order valence-corrected chi connectivity index (χ4v) is 3.38. The lowest BCUT2D eigenvalue weighted by Gasteiger charge is -2.12. The Balaban J connectivity index is 1.51. The number of fused-ring (bicyclic) bond motifs is 3. The first-order valence-corrected chi connectivity index (χ1v) is 8.24. The van der Waals surface area contributed by atoms with Crippen LogP contribution in [-0.4, -0.2) is 27.9 Å². The Morgan fingerprint density at radius 3 is 2.77 bits per heavy atom. The Labute approximate surface area is 147 Å². The van der Waals surface area contributed by atoms with E-state index in [1.807, 2.05) is 30.3 Å². The zero-order chi connectivity index (χ0) is 17.7. The van der Waals surface area contributed by atoms with Crippen LogP contribution in [0.25, 0.3) is 21.9 Å². The predicted octanol–water partition coefficient (Wildman–Crippen LogP) is 2.98. The van der Waals surface area contributed by atoms with Gasteiger partial charge in [-0.25, -0.2) is 14.7 Å². The Morgan fingerprint density at radius 1 is 1.08 bits per heavy atom. The van der Waals surface area contributed by atoms with Gasteiger partial charge < -0.3 is 14.7 Å². The maximum atomic E-state index is 12.7. The van der Waals surface area contributed by atoms with Gasteiger partial charge >= 0.3 is 6.03 Å². The van der Waals surface area contributed by atoms with Crippen LogP contribution in [0, 0.1) is 0 Å². The quantitative estimate of drug-likeness (QED) is 0.558. The molecule has 0 saturated carbocycles. The van der Waals surface area contributed by atoms with Crippen LogP contribution in [0.1, 0.15) is 5.69 Å². The second kappa shape index (κ2) is 5.45. The SMILES string of the molecule is O=C1N[C@@H](Cc2cnc[nH]2)C(=O)N1c1ccc2c(c1)oc1ccccc12. The largest absolute Gasteiger partial charge is 0.456 e. The van der Waals surface area contributed by atoms with Gasteiger partial charge in [0.15, 0.2) is 0 Å². The molecule has 4 aromatic rings. The van der Waals surface area contributed by atoms with Crippen LogP contribution in [0.5, 0.6) is 0 Å². The fourth-order valence-electron chi connectivity index (χ4n) is 3.38. The van der Waals surface area contributed by atoms with Gasteiger partial charge in [0.25, 0.3) is 5.91 Å². The Bertz CT molecular complexity index is 1150. The number of carbonyl (C=O) groups excluding carboxylic acids is 2. The standard InChI is InChI=1S/C19H14N4O3/c24-18-15(7-11-9-20-10-21-11)22-19(25)23(18)12-5-6-14-13-3-1-2-4-16(13)26-17(14)8-12/h1-6,8-10,15H,7H2,(H,20,21)(H,22,25)/t15-/m0/s1. The number of furan rings is 1. The first-order valence-electron chi connectivity index (χ1n) is 8.24. The number of amides is 3. The van der Waals surface area contributed by atoms with Crippen molar-refractivity contribution in [3.8, 4) is 0 Å². The maximum absolute atomic E-state index is 12.7. The normalized spacial score (nSPS) is 17.4. The molecule has 26 heavy (non-hydrogen) atoms. The van der Waals surface area contributed by atoms with Crippen molar-refractivity contribution in [3.63, 3.8) is 0 Å². The molecule has 128 valence electrons. The third kappa shape index (κ3) is 2.17. The van der Waals surface area contributed by atoms with Crippen molar-refractivity contribution >= 4 is 39.6 Å². The Kier molecular flexibility index (Phi) is 3.08. The molecule has 1 saturated heterocycles. The molecule has 0 bridgehead atoms. The highest BCUT2D eigenvalue weighted by Gasteiger charge is 2.39. The summed E-state index contributed by atoms with van der Waals surface area (Å²) in [7, 11) is 0. The molecule has 7 heteroatoms. The lowest BCUT2D eigenvalue weighted by Crippen LogP contribution is -2.32. The number of benzene rings is 2. The van der Waals surface area contributed by atoms with E-state index < -0.39 is 12.1 Å². The molecule has 2 aromatic heterocycles. The summed E-state index contributed by atoms with van der Waals surface area (Å²) in [4.78, 5) is 33.1. The van der Waals surface area contributed by atoms with E-state index in [-0.39, 0.29) is 5.91 Å². The number of hydrogen-bond donors (Lipinski definition) is 2. The molecular weight excluding hydrogens is 332 g/mol. The number of aromatic nitrogens is 2. The number of nitrogens with one attached hydrogen (secondary N) is 2. The third-order valence-electron chi connectivity index (χ3n) is 4.62. The van der Waals surface area contributed by atoms with Crippen LogP contribution in [0.4, 0.5) is 10.5 Å². The van der Waals surface area contributed by atoms with E-state index in [1.54, 1.807) is 24.7 Å². The van der Waals surface area contributed by atoms with E-state index in [0.29, 0.717) is 17.7 Å². The van der Waals surface area contributed by atoms with Gasteiger partial charge in [0.2, 0.25) is 0 Å². The number of carbonyl (C=O) groups is 2. The fraction of sp³-hybridized carbons (Fsp3) is 0.105. The zero-order valence-corrected chi connectivity index (χ0v) is 13.6. The highest BCUT2D eigenvalue weighted by atomic mass is 16.3. The molecule has 3 heterocycles. The van der Waals surface area contributed by atoms with Gasteiger partial charge in [0.1, 0.15) is 17.2 Å². The van der Waals surface area contributed by atoms with E-state index >= 15 is 0 Å². The highest BCUT2D eigenvalue weighted by Crippen LogP contribution is 2.32. The molecule has 1 aliphatic rings. The molecular formula is C19H14N4O3. The molecule has 2 aromatic carbocycles. The number of rotatable bonds is 3. The van der Waals surface area contributed by atoms with E-state index in [2.05, 4.69) is 15.3 Å². The van der Waals surface area contributed by atoms with Crippen LogP contribution in [0.3, 0.4) is 0 Å². The predicted molar refractivity (Wildman–Crippen MR) is 95.8 cm³/mol. The van der Waals surface area contributed by atoms with Gasteiger partial charge in [-0.05, 0) is 18.2 Å². The van der Waals surface area contributed by atoms with Gasteiger partial charge in [-0.15, -0.1) is 0 Å². The van der Waals surface area contributed by atoms with Gasteiger partial charge in [-0.2, -0.15) is 0 Å². The number of para-hydroxylation sites is 1. The van der Waals surface area contributed by atoms with Gasteiger partial charge in [-0.1, -0.05) is 18.2 Å². The number of anilines is 1. The minimum Gasteiger partial charge on any atom is -0.456 e. The second-order valence-corrected chi connectivity index (χ2v) is 6.24. The summed E-state index contributed by atoms with van der Waals surface area (Å²) in [5.74, 6) is -0.292. The summed E-state index contributed by atoms with van der Waals surface area (Å²) < 4.78 is 5.85. The summed E-state index contributed by atoms with van der Waals surface area (Å²) in [6, 6.07) is 12.0. The molecule has 3 amide bonds. The molecule has 0 unspecified atom stereocenters. The van der Waals surface area contributed by atoms with Crippen molar-refractivity contribution in [1.29, 1.82) is 0 Å². The Hall–Kier alpha value is -3.61. The lowest BCUT2D eigenvalue weighted by atomic mass is 10.1. The minimum absolute atomic E-state index is 0.292. The zero-order valence-electron chi connectivity index (χ0n) is 13.6. The van der Waals surface area contributed by atoms with Gasteiger partial charge in [0, 0.05) is 35.2 Å². The second-order valence-electron chi connectivity index (χ2n) is 6.24. The number of nitrogens with zero attached hydrogens (tertiary/aromatic N) is 2. The highest BCUT2D eigenvalue weighted by molar-refractivity contribution is 6.22. The molecule has 0 radical (unpaired) electrons. The Morgan fingerprint density at radius 2 is 1.92 bits per heavy atom. The van der Waals surface area contributed by atoms with E-state index in [4.69, 9.17) is 4.42 Å². The van der Waals surface area contributed by atoms with Gasteiger partial charge in [-0.3, -0.25) is 4.79 Å². The summed E-state index contributed by atoms with van der Waals surface area (Å²) in [5, 5.41) is 4.68. The van der Waals surface area contributed by atoms with Crippen molar-refractivity contribution in [3.05, 3.63) is 60.7 Å². The number of aromatic amines is 1. The summed E-state index contributed by atoms with van der Waals surface area (Å²) in [5.41, 5.74) is 2.69. The van der Waals surface area contributed by atoms with Gasteiger partial charge in [0.05, 0.1) is 12.0 Å². The van der Waals surface area contributed by atoms with Crippen LogP contribution >= 0.6 is 0 Å². The number of hydrogen-bond acceptors (Lipinski definition) is 4. The number of H-pyrrole nitrogens is 1. The van der Waals surface area contributed by atoms with Crippen LogP contribution < -0.4 is 10.2 Å². The van der Waals surface area contributed by atoms with E-state index in [1.165, 1.54) is 0 Å². The average Bonchev–Trinajstić information content (AvgIpc) is 3.33. The number of urea groups is 1. The van der Waals surface area contributed by atoms with Crippen molar-refractivity contribution in [1.82, 2.24) is 15.3 Å². The van der Waals surface area contributed by atoms with E-state index in [9.17, 15) is 9.59 Å². The van der Waals surface area contributed by atoms with Crippen molar-refractivity contribution in [2.24, 2.45) is 0 Å². The molecule has 0 aliphatic carbocycles. The maximum Gasteiger partial charge on any atom is 0.329 e. The molecule has 1 atom stereocenters. The number of imide groups is 1. The summed E-state index contributed by atoms with van der Waals surface area (Å²) in [6.45, 7) is 0. The first-order chi connectivity index (χ1) is 12.7. The molecule has 1 fully saturated rings.